The third kappa shape index (κ3) is 2.78. The quantitative estimate of drug-likeness (QED) is 0.772. The minimum absolute atomic E-state index is 0.0762. The topological polar surface area (TPSA) is 62.3 Å². The second kappa shape index (κ2) is 6.72. The maximum atomic E-state index is 13.2. The zero-order valence-corrected chi connectivity index (χ0v) is 14.9. The molecule has 0 saturated heterocycles. The van der Waals surface area contributed by atoms with Crippen molar-refractivity contribution in [1.82, 2.24) is 9.88 Å². The number of hydrogen-bond acceptors (Lipinski definition) is 4. The van der Waals surface area contributed by atoms with Gasteiger partial charge in [-0.05, 0) is 17.2 Å². The van der Waals surface area contributed by atoms with E-state index in [1.165, 1.54) is 11.3 Å². The molecule has 6 heteroatoms. The van der Waals surface area contributed by atoms with Crippen molar-refractivity contribution in [3.05, 3.63) is 82.9 Å². The highest BCUT2D eigenvalue weighted by atomic mass is 32.1. The lowest BCUT2D eigenvalue weighted by Gasteiger charge is -2.39. The number of nitrogens with one attached hydrogen (secondary N) is 1. The summed E-state index contributed by atoms with van der Waals surface area (Å²) in [4.78, 5) is 31.9. The highest BCUT2D eigenvalue weighted by Gasteiger charge is 2.42. The average molecular weight is 363 g/mol. The van der Waals surface area contributed by atoms with Crippen molar-refractivity contribution in [3.8, 4) is 0 Å². The van der Waals surface area contributed by atoms with Crippen LogP contribution < -0.4 is 5.32 Å². The van der Waals surface area contributed by atoms with Crippen LogP contribution in [0.1, 0.15) is 33.4 Å². The molecule has 1 aliphatic heterocycles. The first-order chi connectivity index (χ1) is 12.7. The molecule has 0 spiro atoms. The Bertz CT molecular complexity index is 941. The Morgan fingerprint density at radius 3 is 2.58 bits per heavy atom. The van der Waals surface area contributed by atoms with E-state index in [9.17, 15) is 9.59 Å². The first-order valence-corrected chi connectivity index (χ1v) is 9.16. The predicted octanol–water partition coefficient (Wildman–Crippen LogP) is 3.69. The summed E-state index contributed by atoms with van der Waals surface area (Å²) in [6, 6.07) is 16.6. The summed E-state index contributed by atoms with van der Waals surface area (Å²) >= 11 is 1.37. The van der Waals surface area contributed by atoms with Gasteiger partial charge >= 0.3 is 0 Å². The van der Waals surface area contributed by atoms with Crippen LogP contribution in [0.2, 0.25) is 0 Å². The summed E-state index contributed by atoms with van der Waals surface area (Å²) in [5.74, 6) is -0.756. The Morgan fingerprint density at radius 1 is 1.12 bits per heavy atom. The number of carbonyl (C=O) groups excluding carboxylic acids is 2. The van der Waals surface area contributed by atoms with Crippen molar-refractivity contribution in [2.75, 3.05) is 12.4 Å². The van der Waals surface area contributed by atoms with E-state index in [0.717, 1.165) is 11.1 Å². The van der Waals surface area contributed by atoms with Crippen LogP contribution in [-0.2, 0) is 4.79 Å². The van der Waals surface area contributed by atoms with Gasteiger partial charge in [-0.25, -0.2) is 4.98 Å². The van der Waals surface area contributed by atoms with E-state index in [2.05, 4.69) is 10.3 Å². The molecule has 1 aliphatic rings. The van der Waals surface area contributed by atoms with Gasteiger partial charge in [-0.15, -0.1) is 11.3 Å². The Morgan fingerprint density at radius 2 is 1.85 bits per heavy atom. The SMILES string of the molecule is CN1C(=O)c2ccccc2[C@@H](C(=O)Nc2nccs2)[C@@H]1c1ccccc1. The number of benzene rings is 2. The molecule has 26 heavy (non-hydrogen) atoms. The van der Waals surface area contributed by atoms with Gasteiger partial charge in [-0.3, -0.25) is 9.59 Å². The van der Waals surface area contributed by atoms with Crippen LogP contribution in [-0.4, -0.2) is 28.7 Å². The van der Waals surface area contributed by atoms with Gasteiger partial charge in [0.05, 0.1) is 12.0 Å². The molecule has 0 radical (unpaired) electrons. The van der Waals surface area contributed by atoms with Crippen LogP contribution in [0.15, 0.2) is 66.2 Å². The van der Waals surface area contributed by atoms with Gasteiger partial charge in [0, 0.05) is 24.2 Å². The smallest absolute Gasteiger partial charge is 0.254 e. The molecule has 1 aromatic heterocycles. The molecule has 3 aromatic rings. The van der Waals surface area contributed by atoms with E-state index in [-0.39, 0.29) is 17.9 Å². The summed E-state index contributed by atoms with van der Waals surface area (Å²) in [5.41, 5.74) is 2.25. The van der Waals surface area contributed by atoms with Crippen molar-refractivity contribution in [1.29, 1.82) is 0 Å². The summed E-state index contributed by atoms with van der Waals surface area (Å²) < 4.78 is 0. The molecule has 1 N–H and O–H groups in total. The number of amides is 2. The molecule has 0 saturated carbocycles. The molecule has 2 amide bonds. The lowest BCUT2D eigenvalue weighted by molar-refractivity contribution is -0.119. The van der Waals surface area contributed by atoms with E-state index in [1.54, 1.807) is 24.2 Å². The van der Waals surface area contributed by atoms with E-state index in [4.69, 9.17) is 0 Å². The zero-order chi connectivity index (χ0) is 18.1. The largest absolute Gasteiger partial charge is 0.334 e. The fourth-order valence-corrected chi connectivity index (χ4v) is 4.02. The van der Waals surface area contributed by atoms with E-state index < -0.39 is 5.92 Å². The average Bonchev–Trinajstić information content (AvgIpc) is 3.18. The van der Waals surface area contributed by atoms with Crippen LogP contribution in [0.5, 0.6) is 0 Å². The molecular formula is C20H17N3O2S. The van der Waals surface area contributed by atoms with Crippen molar-refractivity contribution in [2.24, 2.45) is 0 Å². The van der Waals surface area contributed by atoms with Crippen molar-refractivity contribution in [3.63, 3.8) is 0 Å². The lowest BCUT2D eigenvalue weighted by atomic mass is 9.79. The molecule has 0 unspecified atom stereocenters. The number of fused-ring (bicyclic) bond motifs is 1. The van der Waals surface area contributed by atoms with Crippen molar-refractivity contribution in [2.45, 2.75) is 12.0 Å². The summed E-state index contributed by atoms with van der Waals surface area (Å²) in [6.07, 6.45) is 1.65. The summed E-state index contributed by atoms with van der Waals surface area (Å²) in [5, 5.41) is 5.27. The fourth-order valence-electron chi connectivity index (χ4n) is 3.49. The molecule has 0 aliphatic carbocycles. The first kappa shape index (κ1) is 16.5. The Kier molecular flexibility index (Phi) is 4.26. The van der Waals surface area contributed by atoms with E-state index in [1.807, 2.05) is 53.9 Å². The maximum absolute atomic E-state index is 13.2. The zero-order valence-electron chi connectivity index (χ0n) is 14.1. The summed E-state index contributed by atoms with van der Waals surface area (Å²) in [7, 11) is 1.75. The van der Waals surface area contributed by atoms with Gasteiger partial charge in [-0.2, -0.15) is 0 Å². The van der Waals surface area contributed by atoms with E-state index >= 15 is 0 Å². The van der Waals surface area contributed by atoms with Crippen LogP contribution >= 0.6 is 11.3 Å². The van der Waals surface area contributed by atoms with Crippen LogP contribution in [0, 0.1) is 0 Å². The number of carbonyl (C=O) groups is 2. The number of likely N-dealkylation sites (N-methyl/N-ethyl adjacent to an activating group) is 1. The molecule has 5 nitrogen and oxygen atoms in total. The molecule has 2 heterocycles. The second-order valence-corrected chi connectivity index (χ2v) is 7.06. The second-order valence-electron chi connectivity index (χ2n) is 6.16. The van der Waals surface area contributed by atoms with Gasteiger partial charge < -0.3 is 10.2 Å². The van der Waals surface area contributed by atoms with Gasteiger partial charge in [0.25, 0.3) is 5.91 Å². The number of aromatic nitrogens is 1. The minimum Gasteiger partial charge on any atom is -0.334 e. The molecule has 2 atom stereocenters. The molecule has 130 valence electrons. The number of thiazole rings is 1. The number of rotatable bonds is 3. The van der Waals surface area contributed by atoms with E-state index in [0.29, 0.717) is 10.7 Å². The third-order valence-electron chi connectivity index (χ3n) is 4.67. The molecule has 2 aromatic carbocycles. The highest BCUT2D eigenvalue weighted by Crippen LogP contribution is 2.42. The fraction of sp³-hybridized carbons (Fsp3) is 0.150. The highest BCUT2D eigenvalue weighted by molar-refractivity contribution is 7.13. The lowest BCUT2D eigenvalue weighted by Crippen LogP contribution is -2.44. The number of anilines is 1. The van der Waals surface area contributed by atoms with Gasteiger partial charge in [0.2, 0.25) is 5.91 Å². The monoisotopic (exact) mass is 363 g/mol. The van der Waals surface area contributed by atoms with Crippen LogP contribution in [0.4, 0.5) is 5.13 Å². The van der Waals surface area contributed by atoms with Gasteiger partial charge in [-0.1, -0.05) is 48.5 Å². The molecule has 0 bridgehead atoms. The Hall–Kier alpha value is -2.99. The Balaban J connectivity index is 1.83. The predicted molar refractivity (Wildman–Crippen MR) is 101 cm³/mol. The molecule has 4 rings (SSSR count). The van der Waals surface area contributed by atoms with Crippen LogP contribution in [0.25, 0.3) is 0 Å². The van der Waals surface area contributed by atoms with Crippen LogP contribution in [0.3, 0.4) is 0 Å². The molecule has 0 fully saturated rings. The normalized spacial score (nSPS) is 19.1. The first-order valence-electron chi connectivity index (χ1n) is 8.28. The maximum Gasteiger partial charge on any atom is 0.254 e. The Labute approximate surface area is 155 Å². The minimum atomic E-state index is -0.514. The third-order valence-corrected chi connectivity index (χ3v) is 5.35. The molecular weight excluding hydrogens is 346 g/mol. The van der Waals surface area contributed by atoms with Crippen molar-refractivity contribution >= 4 is 28.3 Å². The summed E-state index contributed by atoms with van der Waals surface area (Å²) in [6.45, 7) is 0. The number of nitrogens with zero attached hydrogens (tertiary/aromatic N) is 2. The number of hydrogen-bond donors (Lipinski definition) is 1. The standard InChI is InChI=1S/C20H17N3O2S/c1-23-17(13-7-3-2-4-8-13)16(18(24)22-20-21-11-12-26-20)14-9-5-6-10-15(14)19(23)25/h2-12,16-17H,1H3,(H,21,22,24)/t16-,17+/m1/s1. The van der Waals surface area contributed by atoms with Gasteiger partial charge in [0.15, 0.2) is 5.13 Å². The van der Waals surface area contributed by atoms with Crippen molar-refractivity contribution < 1.29 is 9.59 Å². The van der Waals surface area contributed by atoms with Gasteiger partial charge in [0.1, 0.15) is 0 Å².